The summed E-state index contributed by atoms with van der Waals surface area (Å²) in [6, 6.07) is 9.62. The number of pyridine rings is 1. The van der Waals surface area contributed by atoms with Gasteiger partial charge in [0.2, 0.25) is 0 Å². The molecule has 0 unspecified atom stereocenters. The lowest BCUT2D eigenvalue weighted by Gasteiger charge is -2.08. The lowest BCUT2D eigenvalue weighted by atomic mass is 10.1. The van der Waals surface area contributed by atoms with Gasteiger partial charge in [-0.2, -0.15) is 0 Å². The Morgan fingerprint density at radius 2 is 2.00 bits per heavy atom. The van der Waals surface area contributed by atoms with Gasteiger partial charge < -0.3 is 5.32 Å². The first-order valence-corrected chi connectivity index (χ1v) is 6.89. The van der Waals surface area contributed by atoms with Crippen LogP contribution >= 0.6 is 15.9 Å². The summed E-state index contributed by atoms with van der Waals surface area (Å²) >= 11 is 3.38. The number of benzene rings is 1. The summed E-state index contributed by atoms with van der Waals surface area (Å²) in [4.78, 5) is 16.0. The van der Waals surface area contributed by atoms with Gasteiger partial charge >= 0.3 is 0 Å². The summed E-state index contributed by atoms with van der Waals surface area (Å²) < 4.78 is 0.914. The third kappa shape index (κ3) is 3.89. The smallest absolute Gasteiger partial charge is 0.251 e. The molecule has 0 fully saturated rings. The highest BCUT2D eigenvalue weighted by molar-refractivity contribution is 9.10. The lowest BCUT2D eigenvalue weighted by molar-refractivity contribution is 0.0953. The number of aromatic nitrogens is 1. The summed E-state index contributed by atoms with van der Waals surface area (Å²) in [5.74, 6) is -0.0344. The van der Waals surface area contributed by atoms with Gasteiger partial charge in [-0.1, -0.05) is 22.0 Å². The second-order valence-electron chi connectivity index (χ2n) is 4.32. The van der Waals surface area contributed by atoms with Gasteiger partial charge in [0.05, 0.1) is 0 Å². The van der Waals surface area contributed by atoms with Gasteiger partial charge in [-0.05, 0) is 48.7 Å². The molecular weight excluding hydrogens is 304 g/mol. The van der Waals surface area contributed by atoms with E-state index >= 15 is 0 Å². The zero-order valence-corrected chi connectivity index (χ0v) is 12.3. The molecule has 2 rings (SSSR count). The fourth-order valence-electron chi connectivity index (χ4n) is 1.80. The summed E-state index contributed by atoms with van der Waals surface area (Å²) in [5, 5.41) is 2.94. The molecule has 0 atom stereocenters. The van der Waals surface area contributed by atoms with Crippen molar-refractivity contribution in [2.75, 3.05) is 6.54 Å². The lowest BCUT2D eigenvalue weighted by Crippen LogP contribution is -2.26. The molecule has 0 aliphatic rings. The van der Waals surface area contributed by atoms with E-state index in [1.807, 2.05) is 37.3 Å². The van der Waals surface area contributed by atoms with Crippen LogP contribution in [0.3, 0.4) is 0 Å². The molecule has 0 aliphatic carbocycles. The molecule has 0 aliphatic heterocycles. The van der Waals surface area contributed by atoms with E-state index in [9.17, 15) is 4.79 Å². The number of hydrogen-bond donors (Lipinski definition) is 1. The van der Waals surface area contributed by atoms with Crippen LogP contribution in [-0.4, -0.2) is 17.4 Å². The van der Waals surface area contributed by atoms with Crippen molar-refractivity contribution < 1.29 is 4.79 Å². The van der Waals surface area contributed by atoms with Gasteiger partial charge in [-0.25, -0.2) is 0 Å². The average Bonchev–Trinajstić information content (AvgIpc) is 2.42. The van der Waals surface area contributed by atoms with E-state index in [0.29, 0.717) is 12.1 Å². The highest BCUT2D eigenvalue weighted by Crippen LogP contribution is 2.15. The minimum atomic E-state index is -0.0344. The molecule has 0 saturated heterocycles. The number of amides is 1. The van der Waals surface area contributed by atoms with Crippen LogP contribution in [-0.2, 0) is 6.42 Å². The summed E-state index contributed by atoms with van der Waals surface area (Å²) in [6.07, 6.45) is 4.33. The van der Waals surface area contributed by atoms with E-state index in [0.717, 1.165) is 16.5 Å². The molecular formula is C15H15BrN2O. The maximum absolute atomic E-state index is 12.1. The van der Waals surface area contributed by atoms with Crippen molar-refractivity contribution in [3.05, 3.63) is 63.9 Å². The van der Waals surface area contributed by atoms with E-state index < -0.39 is 0 Å². The number of hydrogen-bond acceptors (Lipinski definition) is 2. The van der Waals surface area contributed by atoms with Crippen LogP contribution in [0.15, 0.2) is 47.2 Å². The van der Waals surface area contributed by atoms with E-state index in [4.69, 9.17) is 0 Å². The van der Waals surface area contributed by atoms with Gasteiger partial charge in [0, 0.05) is 29.0 Å². The predicted octanol–water partition coefficient (Wildman–Crippen LogP) is 3.13. The zero-order chi connectivity index (χ0) is 13.7. The minimum Gasteiger partial charge on any atom is -0.352 e. The highest BCUT2D eigenvalue weighted by atomic mass is 79.9. The Balaban J connectivity index is 1.93. The van der Waals surface area contributed by atoms with E-state index in [1.54, 1.807) is 12.4 Å². The number of halogens is 1. The second kappa shape index (κ2) is 6.48. The van der Waals surface area contributed by atoms with Crippen LogP contribution in [0.1, 0.15) is 21.5 Å². The molecule has 98 valence electrons. The van der Waals surface area contributed by atoms with E-state index in [1.165, 1.54) is 5.56 Å². The summed E-state index contributed by atoms with van der Waals surface area (Å²) in [5.41, 5.74) is 2.86. The first kappa shape index (κ1) is 13.7. The molecule has 19 heavy (non-hydrogen) atoms. The largest absolute Gasteiger partial charge is 0.352 e. The monoisotopic (exact) mass is 318 g/mol. The second-order valence-corrected chi connectivity index (χ2v) is 5.24. The summed E-state index contributed by atoms with van der Waals surface area (Å²) in [7, 11) is 0. The molecule has 0 spiro atoms. The summed E-state index contributed by atoms with van der Waals surface area (Å²) in [6.45, 7) is 2.55. The maximum Gasteiger partial charge on any atom is 0.251 e. The Morgan fingerprint density at radius 3 is 2.74 bits per heavy atom. The Bertz CT molecular complexity index is 570. The first-order chi connectivity index (χ1) is 9.16. The number of carbonyl (C=O) groups is 1. The van der Waals surface area contributed by atoms with E-state index in [-0.39, 0.29) is 5.91 Å². The SMILES string of the molecule is Cc1ccc(Br)cc1C(=O)NCCc1ccncc1. The van der Waals surface area contributed by atoms with Crippen molar-refractivity contribution in [1.29, 1.82) is 0 Å². The molecule has 1 amide bonds. The minimum absolute atomic E-state index is 0.0344. The number of carbonyl (C=O) groups excluding carboxylic acids is 1. The topological polar surface area (TPSA) is 42.0 Å². The Labute approximate surface area is 121 Å². The molecule has 0 radical (unpaired) electrons. The van der Waals surface area contributed by atoms with Crippen molar-refractivity contribution >= 4 is 21.8 Å². The third-order valence-electron chi connectivity index (χ3n) is 2.89. The molecule has 2 aromatic rings. The van der Waals surface area contributed by atoms with Crippen molar-refractivity contribution in [1.82, 2.24) is 10.3 Å². The molecule has 1 aromatic carbocycles. The Kier molecular flexibility index (Phi) is 4.68. The number of rotatable bonds is 4. The van der Waals surface area contributed by atoms with Crippen molar-refractivity contribution in [3.8, 4) is 0 Å². The van der Waals surface area contributed by atoms with Crippen LogP contribution in [0.5, 0.6) is 0 Å². The quantitative estimate of drug-likeness (QED) is 0.941. The number of nitrogens with zero attached hydrogens (tertiary/aromatic N) is 1. The fraction of sp³-hybridized carbons (Fsp3) is 0.200. The fourth-order valence-corrected chi connectivity index (χ4v) is 2.16. The van der Waals surface area contributed by atoms with Gasteiger partial charge in [0.25, 0.3) is 5.91 Å². The first-order valence-electron chi connectivity index (χ1n) is 6.10. The van der Waals surface area contributed by atoms with Crippen molar-refractivity contribution in [2.24, 2.45) is 0 Å². The van der Waals surface area contributed by atoms with Crippen LogP contribution in [0.2, 0.25) is 0 Å². The zero-order valence-electron chi connectivity index (χ0n) is 10.7. The molecule has 1 heterocycles. The van der Waals surface area contributed by atoms with Crippen LogP contribution < -0.4 is 5.32 Å². The Morgan fingerprint density at radius 1 is 1.26 bits per heavy atom. The standard InChI is InChI=1S/C15H15BrN2O/c1-11-2-3-13(16)10-14(11)15(19)18-9-6-12-4-7-17-8-5-12/h2-5,7-8,10H,6,9H2,1H3,(H,18,19). The normalized spacial score (nSPS) is 10.2. The molecule has 3 nitrogen and oxygen atoms in total. The van der Waals surface area contributed by atoms with Crippen LogP contribution in [0.25, 0.3) is 0 Å². The predicted molar refractivity (Wildman–Crippen MR) is 79.2 cm³/mol. The van der Waals surface area contributed by atoms with Crippen molar-refractivity contribution in [3.63, 3.8) is 0 Å². The molecule has 1 aromatic heterocycles. The van der Waals surface area contributed by atoms with Crippen molar-refractivity contribution in [2.45, 2.75) is 13.3 Å². The van der Waals surface area contributed by atoms with E-state index in [2.05, 4.69) is 26.2 Å². The number of nitrogens with one attached hydrogen (secondary N) is 1. The maximum atomic E-state index is 12.1. The molecule has 0 bridgehead atoms. The average molecular weight is 319 g/mol. The van der Waals surface area contributed by atoms with Gasteiger partial charge in [0.1, 0.15) is 0 Å². The van der Waals surface area contributed by atoms with Crippen LogP contribution in [0.4, 0.5) is 0 Å². The Hall–Kier alpha value is -1.68. The molecule has 4 heteroatoms. The van der Waals surface area contributed by atoms with Gasteiger partial charge in [-0.3, -0.25) is 9.78 Å². The molecule has 1 N–H and O–H groups in total. The third-order valence-corrected chi connectivity index (χ3v) is 3.39. The number of aryl methyl sites for hydroxylation is 1. The highest BCUT2D eigenvalue weighted by Gasteiger charge is 2.08. The van der Waals surface area contributed by atoms with Gasteiger partial charge in [0.15, 0.2) is 0 Å². The van der Waals surface area contributed by atoms with Crippen LogP contribution in [0, 0.1) is 6.92 Å². The van der Waals surface area contributed by atoms with Gasteiger partial charge in [-0.15, -0.1) is 0 Å². The molecule has 0 saturated carbocycles.